The molecule has 2 saturated carbocycles. The van der Waals surface area contributed by atoms with Crippen molar-refractivity contribution in [3.63, 3.8) is 0 Å². The van der Waals surface area contributed by atoms with E-state index in [1.807, 2.05) is 0 Å². The topological polar surface area (TPSA) is 42.2 Å². The third-order valence-corrected chi connectivity index (χ3v) is 4.82. The van der Waals surface area contributed by atoms with Crippen LogP contribution in [0, 0.1) is 5.92 Å². The molecule has 1 heterocycles. The van der Waals surface area contributed by atoms with Crippen molar-refractivity contribution in [2.45, 2.75) is 38.0 Å². The van der Waals surface area contributed by atoms with Gasteiger partial charge in [0.25, 0.3) is 0 Å². The largest absolute Gasteiger partial charge is 0.383 e. The highest BCUT2D eigenvalue weighted by molar-refractivity contribution is 7.10. The number of anilines is 2. The van der Waals surface area contributed by atoms with Gasteiger partial charge in [-0.1, -0.05) is 6.42 Å². The van der Waals surface area contributed by atoms with Gasteiger partial charge in [-0.25, -0.2) is 0 Å². The van der Waals surface area contributed by atoms with Crippen LogP contribution in [0.1, 0.15) is 43.6 Å². The number of hydrogen-bond acceptors (Lipinski definition) is 4. The Kier molecular flexibility index (Phi) is 2.54. The maximum Gasteiger partial charge on any atom is 0.142 e. The van der Waals surface area contributed by atoms with E-state index >= 15 is 0 Å². The summed E-state index contributed by atoms with van der Waals surface area (Å²) in [6, 6.07) is 0. The van der Waals surface area contributed by atoms with E-state index in [9.17, 15) is 0 Å². The molecule has 16 heavy (non-hydrogen) atoms. The number of nitrogens with two attached hydrogens (primary N) is 1. The van der Waals surface area contributed by atoms with E-state index in [4.69, 9.17) is 5.73 Å². The summed E-state index contributed by atoms with van der Waals surface area (Å²) in [6.07, 6.45) is 6.81. The Bertz CT molecular complexity index is 380. The molecule has 1 aromatic rings. The predicted octanol–water partition coefficient (Wildman–Crippen LogP) is 2.84. The monoisotopic (exact) mass is 237 g/mol. The summed E-state index contributed by atoms with van der Waals surface area (Å²) in [4.78, 5) is 2.38. The lowest BCUT2D eigenvalue weighted by molar-refractivity contribution is 0.321. The lowest BCUT2D eigenvalue weighted by atomic mass is 9.85. The summed E-state index contributed by atoms with van der Waals surface area (Å²) < 4.78 is 4.33. The SMILES string of the molecule is CN(CC1CCC1)c1snc(N)c1C1CC1. The van der Waals surface area contributed by atoms with Gasteiger partial charge in [-0.15, -0.1) is 0 Å². The molecule has 88 valence electrons. The van der Waals surface area contributed by atoms with Crippen LogP contribution in [-0.2, 0) is 0 Å². The maximum atomic E-state index is 5.97. The lowest BCUT2D eigenvalue weighted by Gasteiger charge is -2.30. The molecule has 0 radical (unpaired) electrons. The fraction of sp³-hybridized carbons (Fsp3) is 0.750. The zero-order valence-corrected chi connectivity index (χ0v) is 10.6. The normalized spacial score (nSPS) is 20.8. The number of nitrogens with zero attached hydrogens (tertiary/aromatic N) is 2. The number of hydrogen-bond donors (Lipinski definition) is 1. The number of nitrogen functional groups attached to an aromatic ring is 1. The van der Waals surface area contributed by atoms with Crippen molar-refractivity contribution in [2.24, 2.45) is 5.92 Å². The zero-order valence-electron chi connectivity index (χ0n) is 9.78. The van der Waals surface area contributed by atoms with Crippen LogP contribution in [0.4, 0.5) is 10.8 Å². The van der Waals surface area contributed by atoms with Crippen LogP contribution in [0.2, 0.25) is 0 Å². The second kappa shape index (κ2) is 3.91. The van der Waals surface area contributed by atoms with Gasteiger partial charge in [0, 0.05) is 19.2 Å². The molecule has 3 rings (SSSR count). The Labute approximate surface area is 101 Å². The van der Waals surface area contributed by atoms with Gasteiger partial charge in [-0.05, 0) is 49.1 Å². The molecule has 2 aliphatic rings. The molecule has 4 heteroatoms. The average Bonchev–Trinajstić information content (AvgIpc) is 2.96. The minimum atomic E-state index is 0.706. The standard InChI is InChI=1S/C12H19N3S/c1-15(7-8-3-2-4-8)12-10(9-5-6-9)11(13)14-16-12/h8-9H,2-7H2,1H3,(H2,13,14). The molecule has 0 atom stereocenters. The first-order valence-corrected chi connectivity index (χ1v) is 6.99. The van der Waals surface area contributed by atoms with E-state index in [0.29, 0.717) is 5.92 Å². The van der Waals surface area contributed by atoms with E-state index < -0.39 is 0 Å². The van der Waals surface area contributed by atoms with Gasteiger partial charge in [-0.2, -0.15) is 4.37 Å². The third-order valence-electron chi connectivity index (χ3n) is 3.83. The second-order valence-corrected chi connectivity index (χ2v) is 5.99. The first-order chi connectivity index (χ1) is 7.75. The predicted molar refractivity (Wildman–Crippen MR) is 69.1 cm³/mol. The lowest BCUT2D eigenvalue weighted by Crippen LogP contribution is -2.29. The molecule has 0 spiro atoms. The van der Waals surface area contributed by atoms with Crippen molar-refractivity contribution in [2.75, 3.05) is 24.2 Å². The summed E-state index contributed by atoms with van der Waals surface area (Å²) in [6.45, 7) is 1.18. The van der Waals surface area contributed by atoms with Crippen molar-refractivity contribution >= 4 is 22.4 Å². The van der Waals surface area contributed by atoms with E-state index in [1.165, 1.54) is 49.2 Å². The first kappa shape index (κ1) is 10.4. The Morgan fingerprint density at radius 2 is 2.12 bits per heavy atom. The Morgan fingerprint density at radius 3 is 2.69 bits per heavy atom. The van der Waals surface area contributed by atoms with Gasteiger partial charge >= 0.3 is 0 Å². The van der Waals surface area contributed by atoms with Crippen molar-refractivity contribution in [3.05, 3.63) is 5.56 Å². The molecule has 0 bridgehead atoms. The van der Waals surface area contributed by atoms with Crippen molar-refractivity contribution < 1.29 is 0 Å². The molecule has 2 N–H and O–H groups in total. The van der Waals surface area contributed by atoms with Crippen LogP contribution in [0.3, 0.4) is 0 Å². The summed E-state index contributed by atoms with van der Waals surface area (Å²) in [7, 11) is 2.19. The molecule has 1 aromatic heterocycles. The Morgan fingerprint density at radius 1 is 1.38 bits per heavy atom. The van der Waals surface area contributed by atoms with Gasteiger partial charge in [0.15, 0.2) is 0 Å². The highest BCUT2D eigenvalue weighted by Gasteiger charge is 2.32. The van der Waals surface area contributed by atoms with E-state index in [2.05, 4.69) is 16.3 Å². The Balaban J connectivity index is 1.76. The molecule has 0 aliphatic heterocycles. The fourth-order valence-corrected chi connectivity index (χ4v) is 3.34. The molecule has 0 saturated heterocycles. The van der Waals surface area contributed by atoms with Gasteiger partial charge < -0.3 is 10.6 Å². The van der Waals surface area contributed by atoms with Gasteiger partial charge in [-0.3, -0.25) is 0 Å². The molecular weight excluding hydrogens is 218 g/mol. The molecule has 2 aliphatic carbocycles. The molecule has 2 fully saturated rings. The van der Waals surface area contributed by atoms with Gasteiger partial charge in [0.1, 0.15) is 10.8 Å². The maximum absolute atomic E-state index is 5.97. The summed E-state index contributed by atoms with van der Waals surface area (Å²) in [5, 5.41) is 1.33. The van der Waals surface area contributed by atoms with Crippen LogP contribution < -0.4 is 10.6 Å². The van der Waals surface area contributed by atoms with Crippen molar-refractivity contribution in [1.29, 1.82) is 0 Å². The van der Waals surface area contributed by atoms with Gasteiger partial charge in [0.2, 0.25) is 0 Å². The van der Waals surface area contributed by atoms with Gasteiger partial charge in [0.05, 0.1) is 0 Å². The Hall–Kier alpha value is -0.770. The van der Waals surface area contributed by atoms with Crippen LogP contribution in [0.15, 0.2) is 0 Å². The molecule has 0 aromatic carbocycles. The highest BCUT2D eigenvalue weighted by atomic mass is 32.1. The van der Waals surface area contributed by atoms with Crippen molar-refractivity contribution in [3.8, 4) is 0 Å². The second-order valence-electron chi connectivity index (χ2n) is 5.24. The summed E-state index contributed by atoms with van der Waals surface area (Å²) in [5.74, 6) is 2.39. The van der Waals surface area contributed by atoms with Crippen LogP contribution in [0.25, 0.3) is 0 Å². The average molecular weight is 237 g/mol. The quantitative estimate of drug-likeness (QED) is 0.875. The molecule has 0 unspecified atom stereocenters. The minimum Gasteiger partial charge on any atom is -0.383 e. The van der Waals surface area contributed by atoms with Crippen LogP contribution in [0.5, 0.6) is 0 Å². The first-order valence-electron chi connectivity index (χ1n) is 6.22. The highest BCUT2D eigenvalue weighted by Crippen LogP contribution is 2.48. The third kappa shape index (κ3) is 1.79. The van der Waals surface area contributed by atoms with Crippen LogP contribution >= 0.6 is 11.5 Å². The van der Waals surface area contributed by atoms with E-state index in [1.54, 1.807) is 11.5 Å². The van der Waals surface area contributed by atoms with Crippen molar-refractivity contribution in [1.82, 2.24) is 4.37 Å². The minimum absolute atomic E-state index is 0.706. The molecule has 0 amide bonds. The fourth-order valence-electron chi connectivity index (χ4n) is 2.48. The van der Waals surface area contributed by atoms with E-state index in [0.717, 1.165) is 11.7 Å². The number of aromatic nitrogens is 1. The number of rotatable bonds is 4. The molecular formula is C12H19N3S. The van der Waals surface area contributed by atoms with Crippen LogP contribution in [-0.4, -0.2) is 18.0 Å². The summed E-state index contributed by atoms with van der Waals surface area (Å²) in [5.41, 5.74) is 7.31. The zero-order chi connectivity index (χ0) is 11.1. The molecule has 3 nitrogen and oxygen atoms in total. The van der Waals surface area contributed by atoms with E-state index in [-0.39, 0.29) is 0 Å². The smallest absolute Gasteiger partial charge is 0.142 e. The summed E-state index contributed by atoms with van der Waals surface area (Å²) >= 11 is 1.58.